The Morgan fingerprint density at radius 2 is 2.26 bits per heavy atom. The van der Waals surface area contributed by atoms with E-state index in [9.17, 15) is 0 Å². The molecule has 0 saturated carbocycles. The number of thiocarbonyl (C=S) groups is 1. The van der Waals surface area contributed by atoms with E-state index in [4.69, 9.17) is 16.6 Å². The van der Waals surface area contributed by atoms with E-state index in [0.717, 1.165) is 22.5 Å². The van der Waals surface area contributed by atoms with Gasteiger partial charge in [-0.05, 0) is 47.2 Å². The maximum Gasteiger partial charge on any atom is 0.166 e. The summed E-state index contributed by atoms with van der Waals surface area (Å²) in [7, 11) is 0. The lowest BCUT2D eigenvalue weighted by molar-refractivity contribution is 0.502. The molecular formula is C12H15BrN4OS. The molecule has 0 aromatic carbocycles. The molecule has 2 rings (SSSR count). The van der Waals surface area contributed by atoms with E-state index in [1.807, 2.05) is 16.8 Å². The number of nitrogens with zero attached hydrogens (tertiary/aromatic N) is 2. The van der Waals surface area contributed by atoms with Crippen molar-refractivity contribution in [2.45, 2.75) is 26.6 Å². The van der Waals surface area contributed by atoms with Gasteiger partial charge in [-0.3, -0.25) is 4.68 Å². The maximum absolute atomic E-state index is 5.22. The monoisotopic (exact) mass is 342 g/mol. The third-order valence-corrected chi connectivity index (χ3v) is 3.57. The minimum atomic E-state index is 0.576. The van der Waals surface area contributed by atoms with E-state index < -0.39 is 0 Å². The molecular weight excluding hydrogens is 328 g/mol. The van der Waals surface area contributed by atoms with Crippen molar-refractivity contribution in [1.82, 2.24) is 20.4 Å². The van der Waals surface area contributed by atoms with Crippen LogP contribution in [0.4, 0.5) is 0 Å². The molecule has 0 aliphatic heterocycles. The van der Waals surface area contributed by atoms with Gasteiger partial charge in [-0.25, -0.2) is 0 Å². The third kappa shape index (κ3) is 3.81. The average molecular weight is 343 g/mol. The summed E-state index contributed by atoms with van der Waals surface area (Å²) in [6, 6.07) is 3.75. The summed E-state index contributed by atoms with van der Waals surface area (Å²) < 4.78 is 8.12. The summed E-state index contributed by atoms with van der Waals surface area (Å²) in [5.41, 5.74) is 1.07. The van der Waals surface area contributed by atoms with Crippen LogP contribution in [0.25, 0.3) is 0 Å². The first-order valence-electron chi connectivity index (χ1n) is 5.95. The third-order valence-electron chi connectivity index (χ3n) is 2.62. The standard InChI is InChI=1S/C12H15BrN4OS/c1-2-17-11(10(13)7-16-17)8-15-12(19)14-6-9-4-3-5-18-9/h3-5,7H,2,6,8H2,1H3,(H2,14,15,19). The molecule has 0 amide bonds. The van der Waals surface area contributed by atoms with E-state index in [-0.39, 0.29) is 0 Å². The van der Waals surface area contributed by atoms with Gasteiger partial charge in [0.05, 0.1) is 35.7 Å². The van der Waals surface area contributed by atoms with Gasteiger partial charge in [0.2, 0.25) is 0 Å². The van der Waals surface area contributed by atoms with Gasteiger partial charge in [0, 0.05) is 6.54 Å². The molecule has 5 nitrogen and oxygen atoms in total. The highest BCUT2D eigenvalue weighted by molar-refractivity contribution is 9.10. The normalized spacial score (nSPS) is 10.4. The fourth-order valence-electron chi connectivity index (χ4n) is 1.64. The Bertz CT molecular complexity index is 538. The van der Waals surface area contributed by atoms with Crippen LogP contribution in [0.2, 0.25) is 0 Å². The molecule has 2 aromatic rings. The SMILES string of the molecule is CCn1ncc(Br)c1CNC(=S)NCc1ccco1. The summed E-state index contributed by atoms with van der Waals surface area (Å²) in [5.74, 6) is 0.851. The molecule has 2 heterocycles. The van der Waals surface area contributed by atoms with Crippen LogP contribution in [0.5, 0.6) is 0 Å². The summed E-state index contributed by atoms with van der Waals surface area (Å²) in [6.45, 7) is 4.08. The molecule has 0 aliphatic carbocycles. The maximum atomic E-state index is 5.22. The molecule has 0 bridgehead atoms. The molecule has 19 heavy (non-hydrogen) atoms. The Balaban J connectivity index is 1.81. The highest BCUT2D eigenvalue weighted by Crippen LogP contribution is 2.15. The van der Waals surface area contributed by atoms with Crippen LogP contribution in [-0.4, -0.2) is 14.9 Å². The van der Waals surface area contributed by atoms with Crippen LogP contribution >= 0.6 is 28.1 Å². The van der Waals surface area contributed by atoms with E-state index in [0.29, 0.717) is 18.2 Å². The van der Waals surface area contributed by atoms with E-state index in [2.05, 4.69) is 38.6 Å². The molecule has 0 fully saturated rings. The zero-order chi connectivity index (χ0) is 13.7. The minimum absolute atomic E-state index is 0.576. The first-order chi connectivity index (χ1) is 9.20. The Labute approximate surface area is 125 Å². The zero-order valence-electron chi connectivity index (χ0n) is 10.5. The minimum Gasteiger partial charge on any atom is -0.467 e. The average Bonchev–Trinajstić information content (AvgIpc) is 3.03. The second kappa shape index (κ2) is 6.72. The van der Waals surface area contributed by atoms with Crippen molar-refractivity contribution in [2.75, 3.05) is 0 Å². The number of aromatic nitrogens is 2. The van der Waals surface area contributed by atoms with Gasteiger partial charge in [-0.15, -0.1) is 0 Å². The van der Waals surface area contributed by atoms with Crippen LogP contribution in [0.15, 0.2) is 33.5 Å². The lowest BCUT2D eigenvalue weighted by Gasteiger charge is -2.11. The van der Waals surface area contributed by atoms with Crippen molar-refractivity contribution in [3.05, 3.63) is 40.5 Å². The van der Waals surface area contributed by atoms with Crippen molar-refractivity contribution < 1.29 is 4.42 Å². The molecule has 0 radical (unpaired) electrons. The topological polar surface area (TPSA) is 55.0 Å². The molecule has 7 heteroatoms. The molecule has 0 aliphatic rings. The molecule has 0 spiro atoms. The Morgan fingerprint density at radius 3 is 2.95 bits per heavy atom. The highest BCUT2D eigenvalue weighted by Gasteiger charge is 2.07. The van der Waals surface area contributed by atoms with E-state index in [1.54, 1.807) is 12.5 Å². The Kier molecular flexibility index (Phi) is 4.98. The van der Waals surface area contributed by atoms with Crippen LogP contribution in [0, 0.1) is 0 Å². The van der Waals surface area contributed by atoms with E-state index >= 15 is 0 Å². The van der Waals surface area contributed by atoms with Crippen LogP contribution in [0.3, 0.4) is 0 Å². The van der Waals surface area contributed by atoms with Gasteiger partial charge in [-0.1, -0.05) is 0 Å². The number of nitrogens with one attached hydrogen (secondary N) is 2. The number of furan rings is 1. The van der Waals surface area contributed by atoms with Crippen molar-refractivity contribution in [3.8, 4) is 0 Å². The predicted molar refractivity (Wildman–Crippen MR) is 80.6 cm³/mol. The second-order valence-corrected chi connectivity index (χ2v) is 5.13. The number of hydrogen-bond donors (Lipinski definition) is 2. The molecule has 0 saturated heterocycles. The first-order valence-corrected chi connectivity index (χ1v) is 7.15. The van der Waals surface area contributed by atoms with Gasteiger partial charge in [-0.2, -0.15) is 5.10 Å². The first kappa shape index (κ1) is 14.1. The lowest BCUT2D eigenvalue weighted by atomic mass is 10.4. The van der Waals surface area contributed by atoms with Crippen LogP contribution in [0.1, 0.15) is 18.4 Å². The molecule has 0 atom stereocenters. The Morgan fingerprint density at radius 1 is 1.47 bits per heavy atom. The smallest absolute Gasteiger partial charge is 0.166 e. The number of aryl methyl sites for hydroxylation is 1. The fourth-order valence-corrected chi connectivity index (χ4v) is 2.22. The van der Waals surface area contributed by atoms with Gasteiger partial charge in [0.15, 0.2) is 5.11 Å². The van der Waals surface area contributed by atoms with Crippen molar-refractivity contribution in [3.63, 3.8) is 0 Å². The largest absolute Gasteiger partial charge is 0.467 e. The van der Waals surface area contributed by atoms with Gasteiger partial charge >= 0.3 is 0 Å². The quantitative estimate of drug-likeness (QED) is 0.817. The number of halogens is 1. The molecule has 2 aromatic heterocycles. The van der Waals surface area contributed by atoms with Crippen molar-refractivity contribution in [2.24, 2.45) is 0 Å². The highest BCUT2D eigenvalue weighted by atomic mass is 79.9. The summed E-state index contributed by atoms with van der Waals surface area (Å²) in [4.78, 5) is 0. The second-order valence-electron chi connectivity index (χ2n) is 3.87. The fraction of sp³-hybridized carbons (Fsp3) is 0.333. The van der Waals surface area contributed by atoms with E-state index in [1.165, 1.54) is 0 Å². The molecule has 0 unspecified atom stereocenters. The van der Waals surface area contributed by atoms with Crippen LogP contribution < -0.4 is 10.6 Å². The van der Waals surface area contributed by atoms with Crippen molar-refractivity contribution >= 4 is 33.3 Å². The molecule has 102 valence electrons. The predicted octanol–water partition coefficient (Wildman–Crippen LogP) is 2.42. The van der Waals surface area contributed by atoms with Gasteiger partial charge < -0.3 is 15.1 Å². The van der Waals surface area contributed by atoms with Gasteiger partial charge in [0.25, 0.3) is 0 Å². The summed E-state index contributed by atoms with van der Waals surface area (Å²) >= 11 is 8.69. The van der Waals surface area contributed by atoms with Crippen LogP contribution in [-0.2, 0) is 19.6 Å². The van der Waals surface area contributed by atoms with Crippen molar-refractivity contribution in [1.29, 1.82) is 0 Å². The summed E-state index contributed by atoms with van der Waals surface area (Å²) in [6.07, 6.45) is 3.43. The lowest BCUT2D eigenvalue weighted by Crippen LogP contribution is -2.34. The molecule has 2 N–H and O–H groups in total. The van der Waals surface area contributed by atoms with Gasteiger partial charge in [0.1, 0.15) is 5.76 Å². The summed E-state index contributed by atoms with van der Waals surface area (Å²) in [5, 5.41) is 11.1. The zero-order valence-corrected chi connectivity index (χ0v) is 12.9. The Hall–Kier alpha value is -1.34. The number of rotatable bonds is 5. The number of hydrogen-bond acceptors (Lipinski definition) is 3.